The second-order valence-corrected chi connectivity index (χ2v) is 7.76. The Kier molecular flexibility index (Phi) is 5.86. The zero-order valence-corrected chi connectivity index (χ0v) is 14.8. The molecular weight excluding hydrogens is 314 g/mol. The number of rotatable bonds is 6. The first kappa shape index (κ1) is 18.0. The van der Waals surface area contributed by atoms with Crippen LogP contribution < -0.4 is 11.0 Å². The van der Waals surface area contributed by atoms with Crippen LogP contribution in [-0.4, -0.2) is 38.5 Å². The normalized spacial score (nSPS) is 13.9. The Labute approximate surface area is 140 Å². The van der Waals surface area contributed by atoms with Crippen molar-refractivity contribution in [3.8, 4) is 0 Å². The predicted octanol–water partition coefficient (Wildman–Crippen LogP) is 1.12. The molecule has 128 valence electrons. The molecule has 1 amide bonds. The molecule has 0 fully saturated rings. The molecule has 23 heavy (non-hydrogen) atoms. The van der Waals surface area contributed by atoms with Gasteiger partial charge in [-0.1, -0.05) is 11.8 Å². The highest BCUT2D eigenvalue weighted by atomic mass is 32.2. The second kappa shape index (κ2) is 7.49. The topological polar surface area (TPSA) is 84.2 Å². The van der Waals surface area contributed by atoms with Crippen LogP contribution in [0.2, 0.25) is 0 Å². The van der Waals surface area contributed by atoms with E-state index in [-0.39, 0.29) is 29.5 Å². The number of nitrogens with zero attached hydrogens (tertiary/aromatic N) is 2. The van der Waals surface area contributed by atoms with Gasteiger partial charge in [0.05, 0.1) is 5.75 Å². The molecule has 0 aromatic carbocycles. The maximum Gasteiger partial charge on any atom is 0.348 e. The molecule has 0 aliphatic heterocycles. The first-order valence-corrected chi connectivity index (χ1v) is 8.97. The Morgan fingerprint density at radius 1 is 1.39 bits per heavy atom. The number of nitrogens with one attached hydrogen (secondary N) is 1. The SMILES string of the molecule is CC(C)(C)NC(=O)CSc1nc(=O)n(CCCO)c2c1CCC2. The van der Waals surface area contributed by atoms with E-state index in [0.29, 0.717) is 18.0 Å². The minimum absolute atomic E-state index is 0.0551. The van der Waals surface area contributed by atoms with Crippen molar-refractivity contribution in [3.05, 3.63) is 21.7 Å². The van der Waals surface area contributed by atoms with Gasteiger partial charge in [-0.15, -0.1) is 0 Å². The highest BCUT2D eigenvalue weighted by Crippen LogP contribution is 2.29. The Bertz CT molecular complexity index is 635. The van der Waals surface area contributed by atoms with Crippen LogP contribution in [0.4, 0.5) is 0 Å². The van der Waals surface area contributed by atoms with Crippen molar-refractivity contribution < 1.29 is 9.90 Å². The van der Waals surface area contributed by atoms with E-state index in [1.807, 2.05) is 20.8 Å². The fourth-order valence-corrected chi connectivity index (χ4v) is 3.63. The van der Waals surface area contributed by atoms with E-state index in [1.165, 1.54) is 11.8 Å². The number of carbonyl (C=O) groups excluding carboxylic acids is 1. The van der Waals surface area contributed by atoms with Crippen molar-refractivity contribution in [2.24, 2.45) is 0 Å². The van der Waals surface area contributed by atoms with Crippen LogP contribution in [0, 0.1) is 0 Å². The van der Waals surface area contributed by atoms with Crippen LogP contribution in [0.1, 0.15) is 44.9 Å². The summed E-state index contributed by atoms with van der Waals surface area (Å²) in [6, 6.07) is 0. The second-order valence-electron chi connectivity index (χ2n) is 6.79. The molecule has 7 heteroatoms. The van der Waals surface area contributed by atoms with E-state index < -0.39 is 0 Å². The third-order valence-corrected chi connectivity index (χ3v) is 4.61. The lowest BCUT2D eigenvalue weighted by atomic mass is 10.1. The summed E-state index contributed by atoms with van der Waals surface area (Å²) >= 11 is 1.34. The molecule has 0 atom stereocenters. The van der Waals surface area contributed by atoms with Crippen molar-refractivity contribution in [3.63, 3.8) is 0 Å². The summed E-state index contributed by atoms with van der Waals surface area (Å²) in [5.41, 5.74) is 1.58. The molecule has 1 aromatic heterocycles. The minimum Gasteiger partial charge on any atom is -0.396 e. The molecule has 2 rings (SSSR count). The van der Waals surface area contributed by atoms with Crippen molar-refractivity contribution in [2.45, 2.75) is 63.6 Å². The van der Waals surface area contributed by atoms with Crippen LogP contribution in [-0.2, 0) is 24.2 Å². The number of fused-ring (bicyclic) bond motifs is 1. The minimum atomic E-state index is -0.280. The standard InChI is InChI=1S/C16H25N3O3S/c1-16(2,3)18-13(21)10-23-14-11-6-4-7-12(11)19(8-5-9-20)15(22)17-14/h20H,4-10H2,1-3H3,(H,18,21). The molecule has 0 saturated heterocycles. The smallest absolute Gasteiger partial charge is 0.348 e. The number of aliphatic hydroxyl groups is 1. The zero-order chi connectivity index (χ0) is 17.0. The van der Waals surface area contributed by atoms with E-state index in [1.54, 1.807) is 4.57 Å². The lowest BCUT2D eigenvalue weighted by Crippen LogP contribution is -2.41. The molecule has 1 heterocycles. The largest absolute Gasteiger partial charge is 0.396 e. The summed E-state index contributed by atoms with van der Waals surface area (Å²) in [7, 11) is 0. The predicted molar refractivity (Wildman–Crippen MR) is 90.8 cm³/mol. The van der Waals surface area contributed by atoms with Crippen LogP contribution in [0.3, 0.4) is 0 Å². The highest BCUT2D eigenvalue weighted by Gasteiger charge is 2.22. The number of hydrogen-bond donors (Lipinski definition) is 2. The van der Waals surface area contributed by atoms with E-state index >= 15 is 0 Å². The molecule has 0 radical (unpaired) electrons. The third kappa shape index (κ3) is 4.81. The van der Waals surface area contributed by atoms with Gasteiger partial charge >= 0.3 is 5.69 Å². The van der Waals surface area contributed by atoms with Gasteiger partial charge in [-0.2, -0.15) is 4.98 Å². The maximum atomic E-state index is 12.2. The molecule has 0 saturated carbocycles. The van der Waals surface area contributed by atoms with E-state index in [9.17, 15) is 9.59 Å². The van der Waals surface area contributed by atoms with Crippen molar-refractivity contribution >= 4 is 17.7 Å². The van der Waals surface area contributed by atoms with Crippen molar-refractivity contribution in [1.82, 2.24) is 14.9 Å². The van der Waals surface area contributed by atoms with Gasteiger partial charge in [-0.05, 0) is 46.5 Å². The Morgan fingerprint density at radius 2 is 2.13 bits per heavy atom. The molecular formula is C16H25N3O3S. The maximum absolute atomic E-state index is 12.2. The van der Waals surface area contributed by atoms with Crippen LogP contribution in [0.25, 0.3) is 0 Å². The molecule has 1 aliphatic carbocycles. The molecule has 0 unspecified atom stereocenters. The van der Waals surface area contributed by atoms with Gasteiger partial charge in [0, 0.05) is 29.9 Å². The van der Waals surface area contributed by atoms with Crippen LogP contribution >= 0.6 is 11.8 Å². The molecule has 1 aromatic rings. The zero-order valence-electron chi connectivity index (χ0n) is 14.0. The summed E-state index contributed by atoms with van der Waals surface area (Å²) in [6.07, 6.45) is 3.31. The van der Waals surface area contributed by atoms with Gasteiger partial charge in [0.25, 0.3) is 0 Å². The van der Waals surface area contributed by atoms with Gasteiger partial charge in [-0.25, -0.2) is 4.79 Å². The summed E-state index contributed by atoms with van der Waals surface area (Å²) in [6.45, 7) is 6.38. The quantitative estimate of drug-likeness (QED) is 0.599. The average molecular weight is 339 g/mol. The summed E-state index contributed by atoms with van der Waals surface area (Å²) in [4.78, 5) is 28.4. The van der Waals surface area contributed by atoms with Crippen LogP contribution in [0.15, 0.2) is 9.82 Å². The molecule has 2 N–H and O–H groups in total. The first-order valence-electron chi connectivity index (χ1n) is 7.99. The number of aromatic nitrogens is 2. The molecule has 0 bridgehead atoms. The van der Waals surface area contributed by atoms with E-state index in [2.05, 4.69) is 10.3 Å². The summed E-state index contributed by atoms with van der Waals surface area (Å²) < 4.78 is 1.68. The van der Waals surface area contributed by atoms with Gasteiger partial charge in [0.1, 0.15) is 5.03 Å². The summed E-state index contributed by atoms with van der Waals surface area (Å²) in [5.74, 6) is 0.206. The first-order chi connectivity index (χ1) is 10.8. The monoisotopic (exact) mass is 339 g/mol. The third-order valence-electron chi connectivity index (χ3n) is 3.60. The lowest BCUT2D eigenvalue weighted by molar-refractivity contribution is -0.119. The lowest BCUT2D eigenvalue weighted by Gasteiger charge is -2.20. The van der Waals surface area contributed by atoms with E-state index in [0.717, 1.165) is 30.5 Å². The average Bonchev–Trinajstić information content (AvgIpc) is 2.91. The van der Waals surface area contributed by atoms with Crippen LogP contribution in [0.5, 0.6) is 0 Å². The number of carbonyl (C=O) groups is 1. The number of hydrogen-bond acceptors (Lipinski definition) is 5. The number of amides is 1. The molecule has 6 nitrogen and oxygen atoms in total. The summed E-state index contributed by atoms with van der Waals surface area (Å²) in [5, 5.41) is 12.6. The number of thioether (sulfide) groups is 1. The number of aliphatic hydroxyl groups excluding tert-OH is 1. The van der Waals surface area contributed by atoms with Crippen molar-refractivity contribution in [1.29, 1.82) is 0 Å². The Balaban J connectivity index is 2.15. The van der Waals surface area contributed by atoms with Gasteiger partial charge in [0.15, 0.2) is 0 Å². The van der Waals surface area contributed by atoms with Gasteiger partial charge in [0.2, 0.25) is 5.91 Å². The highest BCUT2D eigenvalue weighted by molar-refractivity contribution is 7.99. The van der Waals surface area contributed by atoms with E-state index in [4.69, 9.17) is 5.11 Å². The Morgan fingerprint density at radius 3 is 2.78 bits per heavy atom. The fraction of sp³-hybridized carbons (Fsp3) is 0.688. The fourth-order valence-electron chi connectivity index (χ4n) is 2.75. The van der Waals surface area contributed by atoms with Gasteiger partial charge in [-0.3, -0.25) is 9.36 Å². The van der Waals surface area contributed by atoms with Crippen molar-refractivity contribution in [2.75, 3.05) is 12.4 Å². The van der Waals surface area contributed by atoms with Gasteiger partial charge < -0.3 is 10.4 Å². The molecule has 0 spiro atoms. The Hall–Kier alpha value is -1.34. The molecule has 1 aliphatic rings.